The van der Waals surface area contributed by atoms with E-state index >= 15 is 0 Å². The van der Waals surface area contributed by atoms with E-state index in [0.717, 1.165) is 57.2 Å². The Morgan fingerprint density at radius 2 is 2.19 bits per heavy atom. The molecule has 0 aromatic carbocycles. The van der Waals surface area contributed by atoms with Crippen LogP contribution >= 0.6 is 11.3 Å². The normalized spacial score (nSPS) is 33.9. The molecule has 4 heteroatoms. The molecule has 3 fully saturated rings. The van der Waals surface area contributed by atoms with E-state index in [2.05, 4.69) is 22.4 Å². The summed E-state index contributed by atoms with van der Waals surface area (Å²) in [6, 6.07) is 4.20. The second-order valence-corrected chi connectivity index (χ2v) is 7.89. The molecule has 3 nitrogen and oxygen atoms in total. The van der Waals surface area contributed by atoms with Gasteiger partial charge in [-0.1, -0.05) is 6.07 Å². The summed E-state index contributed by atoms with van der Waals surface area (Å²) < 4.78 is 5.75. The van der Waals surface area contributed by atoms with Crippen molar-refractivity contribution < 1.29 is 9.53 Å². The fourth-order valence-electron chi connectivity index (χ4n) is 4.03. The fraction of sp³-hybridized carbons (Fsp3) is 0.706. The standard InChI is InChI=1S/C17H23NO2S/c19-17(14-8-12-7-13(12)9-14)18(10-15-3-1-5-20-15)11-16-4-2-6-21-16/h2,4,6,12-15H,1,3,5,7-11H2. The van der Waals surface area contributed by atoms with Crippen molar-refractivity contribution in [2.24, 2.45) is 17.8 Å². The smallest absolute Gasteiger partial charge is 0.226 e. The molecule has 1 saturated heterocycles. The van der Waals surface area contributed by atoms with Gasteiger partial charge in [0.25, 0.3) is 0 Å². The first-order valence-corrected chi connectivity index (χ1v) is 9.10. The highest BCUT2D eigenvalue weighted by Gasteiger charge is 2.48. The third-order valence-corrected chi connectivity index (χ3v) is 6.14. The number of ether oxygens (including phenoxy) is 1. The van der Waals surface area contributed by atoms with Gasteiger partial charge in [-0.2, -0.15) is 0 Å². The van der Waals surface area contributed by atoms with Crippen LogP contribution < -0.4 is 0 Å². The summed E-state index contributed by atoms with van der Waals surface area (Å²) in [5.41, 5.74) is 0. The molecular weight excluding hydrogens is 282 g/mol. The van der Waals surface area contributed by atoms with Crippen LogP contribution in [0.5, 0.6) is 0 Å². The quantitative estimate of drug-likeness (QED) is 0.835. The molecule has 114 valence electrons. The average molecular weight is 305 g/mol. The molecule has 2 saturated carbocycles. The first-order chi connectivity index (χ1) is 10.3. The van der Waals surface area contributed by atoms with Crippen molar-refractivity contribution in [2.75, 3.05) is 13.2 Å². The minimum atomic E-state index is 0.254. The monoisotopic (exact) mass is 305 g/mol. The van der Waals surface area contributed by atoms with Gasteiger partial charge in [0.05, 0.1) is 12.6 Å². The lowest BCUT2D eigenvalue weighted by Gasteiger charge is -2.28. The van der Waals surface area contributed by atoms with E-state index < -0.39 is 0 Å². The van der Waals surface area contributed by atoms with Gasteiger partial charge >= 0.3 is 0 Å². The lowest BCUT2D eigenvalue weighted by molar-refractivity contribution is -0.137. The molecule has 2 aliphatic carbocycles. The maximum absolute atomic E-state index is 12.9. The van der Waals surface area contributed by atoms with E-state index in [1.807, 2.05) is 0 Å². The van der Waals surface area contributed by atoms with Crippen LogP contribution in [0.25, 0.3) is 0 Å². The van der Waals surface area contributed by atoms with Gasteiger partial charge in [-0.25, -0.2) is 0 Å². The molecule has 4 rings (SSSR count). The Labute approximate surface area is 130 Å². The maximum atomic E-state index is 12.9. The van der Waals surface area contributed by atoms with E-state index in [1.165, 1.54) is 11.3 Å². The molecule has 3 aliphatic rings. The number of nitrogens with zero attached hydrogens (tertiary/aromatic N) is 1. The lowest BCUT2D eigenvalue weighted by atomic mass is 10.0. The Morgan fingerprint density at radius 3 is 2.86 bits per heavy atom. The van der Waals surface area contributed by atoms with Crippen molar-refractivity contribution in [1.82, 2.24) is 4.90 Å². The molecule has 2 heterocycles. The molecule has 1 aromatic heterocycles. The number of hydrogen-bond donors (Lipinski definition) is 0. The molecule has 21 heavy (non-hydrogen) atoms. The second kappa shape index (κ2) is 5.73. The number of thiophene rings is 1. The summed E-state index contributed by atoms with van der Waals surface area (Å²) in [5.74, 6) is 2.40. The van der Waals surface area contributed by atoms with Gasteiger partial charge in [0.1, 0.15) is 0 Å². The highest BCUT2D eigenvalue weighted by Crippen LogP contribution is 2.54. The minimum Gasteiger partial charge on any atom is -0.376 e. The Morgan fingerprint density at radius 1 is 1.33 bits per heavy atom. The molecule has 1 amide bonds. The summed E-state index contributed by atoms with van der Waals surface area (Å²) in [7, 11) is 0. The third-order valence-electron chi connectivity index (χ3n) is 5.28. The highest BCUT2D eigenvalue weighted by molar-refractivity contribution is 7.09. The zero-order valence-electron chi connectivity index (χ0n) is 12.4. The van der Waals surface area contributed by atoms with Crippen LogP contribution in [0.1, 0.15) is 37.0 Å². The van der Waals surface area contributed by atoms with Gasteiger partial charge in [-0.3, -0.25) is 4.79 Å². The largest absolute Gasteiger partial charge is 0.376 e. The Kier molecular flexibility index (Phi) is 3.76. The van der Waals surface area contributed by atoms with E-state index in [1.54, 1.807) is 11.3 Å². The summed E-state index contributed by atoms with van der Waals surface area (Å²) in [6.45, 7) is 2.41. The Hall–Kier alpha value is -0.870. The number of amides is 1. The van der Waals surface area contributed by atoms with Crippen LogP contribution in [0, 0.1) is 17.8 Å². The Bertz CT molecular complexity index is 485. The lowest BCUT2D eigenvalue weighted by Crippen LogP contribution is -2.40. The summed E-state index contributed by atoms with van der Waals surface area (Å²) >= 11 is 1.74. The zero-order valence-corrected chi connectivity index (χ0v) is 13.2. The number of hydrogen-bond acceptors (Lipinski definition) is 3. The SMILES string of the molecule is O=C(C1CC2CC2C1)N(Cc1cccs1)CC1CCCO1. The second-order valence-electron chi connectivity index (χ2n) is 6.86. The van der Waals surface area contributed by atoms with E-state index in [0.29, 0.717) is 5.91 Å². The van der Waals surface area contributed by atoms with Gasteiger partial charge < -0.3 is 9.64 Å². The van der Waals surface area contributed by atoms with Crippen molar-refractivity contribution in [3.05, 3.63) is 22.4 Å². The predicted octanol–water partition coefficient (Wildman–Crippen LogP) is 3.30. The van der Waals surface area contributed by atoms with Crippen LogP contribution in [0.15, 0.2) is 17.5 Å². The van der Waals surface area contributed by atoms with Crippen molar-refractivity contribution in [1.29, 1.82) is 0 Å². The highest BCUT2D eigenvalue weighted by atomic mass is 32.1. The van der Waals surface area contributed by atoms with Crippen LogP contribution in [0.3, 0.4) is 0 Å². The average Bonchev–Trinajstić information content (AvgIpc) is 3.00. The predicted molar refractivity (Wildman–Crippen MR) is 83.0 cm³/mol. The van der Waals surface area contributed by atoms with Crippen molar-refractivity contribution in [2.45, 2.75) is 44.8 Å². The first-order valence-electron chi connectivity index (χ1n) is 8.22. The zero-order chi connectivity index (χ0) is 14.2. The molecule has 3 unspecified atom stereocenters. The number of rotatable bonds is 5. The number of carbonyl (C=O) groups excluding carboxylic acids is 1. The molecule has 0 radical (unpaired) electrons. The van der Waals surface area contributed by atoms with Crippen LogP contribution in [-0.4, -0.2) is 30.1 Å². The summed E-state index contributed by atoms with van der Waals surface area (Å²) in [4.78, 5) is 16.3. The van der Waals surface area contributed by atoms with Crippen LogP contribution in [-0.2, 0) is 16.1 Å². The van der Waals surface area contributed by atoms with Crippen LogP contribution in [0.2, 0.25) is 0 Å². The van der Waals surface area contributed by atoms with Gasteiger partial charge in [0.2, 0.25) is 5.91 Å². The summed E-state index contributed by atoms with van der Waals surface area (Å²) in [6.07, 6.45) is 6.14. The van der Waals surface area contributed by atoms with Gasteiger partial charge in [-0.15, -0.1) is 11.3 Å². The number of carbonyl (C=O) groups is 1. The molecule has 0 spiro atoms. The molecule has 1 aliphatic heterocycles. The molecular formula is C17H23NO2S. The molecule has 0 N–H and O–H groups in total. The summed E-state index contributed by atoms with van der Waals surface area (Å²) in [5, 5.41) is 2.09. The topological polar surface area (TPSA) is 29.5 Å². The van der Waals surface area contributed by atoms with Crippen molar-refractivity contribution in [3.63, 3.8) is 0 Å². The Balaban J connectivity index is 1.43. The fourth-order valence-corrected chi connectivity index (χ4v) is 4.75. The van der Waals surface area contributed by atoms with Gasteiger partial charge in [-0.05, 0) is 55.4 Å². The van der Waals surface area contributed by atoms with Gasteiger partial charge in [0, 0.05) is 23.9 Å². The van der Waals surface area contributed by atoms with E-state index in [4.69, 9.17) is 4.74 Å². The van der Waals surface area contributed by atoms with Gasteiger partial charge in [0.15, 0.2) is 0 Å². The third kappa shape index (κ3) is 3.02. The molecule has 3 atom stereocenters. The maximum Gasteiger partial charge on any atom is 0.226 e. The van der Waals surface area contributed by atoms with E-state index in [9.17, 15) is 4.79 Å². The minimum absolute atomic E-state index is 0.254. The number of fused-ring (bicyclic) bond motifs is 1. The van der Waals surface area contributed by atoms with Crippen molar-refractivity contribution in [3.8, 4) is 0 Å². The van der Waals surface area contributed by atoms with Crippen molar-refractivity contribution >= 4 is 17.2 Å². The van der Waals surface area contributed by atoms with E-state index in [-0.39, 0.29) is 12.0 Å². The first kappa shape index (κ1) is 13.8. The molecule has 1 aromatic rings. The molecule has 0 bridgehead atoms. The van der Waals surface area contributed by atoms with Crippen LogP contribution in [0.4, 0.5) is 0 Å².